The highest BCUT2D eigenvalue weighted by Crippen LogP contribution is 2.19. The van der Waals surface area contributed by atoms with Crippen LogP contribution < -0.4 is 4.72 Å². The first-order chi connectivity index (χ1) is 7.97. The maximum atomic E-state index is 11.8. The number of thiophene rings is 1. The van der Waals surface area contributed by atoms with Crippen LogP contribution in [0.5, 0.6) is 0 Å². The summed E-state index contributed by atoms with van der Waals surface area (Å²) in [6.45, 7) is 0.273. The minimum Gasteiger partial charge on any atom is -0.339 e. The fourth-order valence-corrected chi connectivity index (χ4v) is 3.68. The molecule has 0 radical (unpaired) electrons. The first-order valence-corrected chi connectivity index (χ1v) is 7.83. The Kier molecular flexibility index (Phi) is 3.67. The van der Waals surface area contributed by atoms with Crippen LogP contribution in [0.1, 0.15) is 4.88 Å². The van der Waals surface area contributed by atoms with E-state index in [1.807, 2.05) is 11.4 Å². The van der Waals surface area contributed by atoms with Gasteiger partial charge in [-0.15, -0.1) is 11.3 Å². The van der Waals surface area contributed by atoms with E-state index in [1.165, 1.54) is 23.9 Å². The van der Waals surface area contributed by atoms with Crippen molar-refractivity contribution in [3.8, 4) is 0 Å². The average Bonchev–Trinajstić information content (AvgIpc) is 2.85. The molecule has 2 heterocycles. The summed E-state index contributed by atoms with van der Waals surface area (Å²) in [5, 5.41) is 1.94. The van der Waals surface area contributed by atoms with E-state index < -0.39 is 10.0 Å². The lowest BCUT2D eigenvalue weighted by atomic mass is 10.5. The van der Waals surface area contributed by atoms with Gasteiger partial charge in [0, 0.05) is 34.5 Å². The molecular formula is C9H10BrN3O2S2. The van der Waals surface area contributed by atoms with Gasteiger partial charge in [-0.3, -0.25) is 0 Å². The molecule has 2 rings (SSSR count). The second-order valence-corrected chi connectivity index (χ2v) is 7.06. The lowest BCUT2D eigenvalue weighted by Crippen LogP contribution is -2.23. The molecular weight excluding hydrogens is 326 g/mol. The number of nitrogens with zero attached hydrogens (tertiary/aromatic N) is 2. The molecule has 5 nitrogen and oxygen atoms in total. The quantitative estimate of drug-likeness (QED) is 0.925. The lowest BCUT2D eigenvalue weighted by molar-refractivity contribution is 0.578. The normalized spacial score (nSPS) is 11.9. The van der Waals surface area contributed by atoms with Crippen LogP contribution in [0, 0.1) is 0 Å². The molecule has 1 N–H and O–H groups in total. The zero-order valence-corrected chi connectivity index (χ0v) is 12.1. The molecule has 0 amide bonds. The number of hydrogen-bond donors (Lipinski definition) is 1. The monoisotopic (exact) mass is 335 g/mol. The van der Waals surface area contributed by atoms with Crippen molar-refractivity contribution in [2.45, 2.75) is 11.6 Å². The van der Waals surface area contributed by atoms with E-state index in [0.717, 1.165) is 9.35 Å². The maximum absolute atomic E-state index is 11.8. The van der Waals surface area contributed by atoms with Crippen molar-refractivity contribution in [3.63, 3.8) is 0 Å². The van der Waals surface area contributed by atoms with E-state index in [1.54, 1.807) is 11.6 Å². The molecule has 2 aromatic heterocycles. The summed E-state index contributed by atoms with van der Waals surface area (Å²) >= 11 is 4.81. The van der Waals surface area contributed by atoms with Crippen molar-refractivity contribution in [1.29, 1.82) is 0 Å². The number of hydrogen-bond acceptors (Lipinski definition) is 4. The third kappa shape index (κ3) is 3.15. The Morgan fingerprint density at radius 3 is 2.88 bits per heavy atom. The second-order valence-electron chi connectivity index (χ2n) is 3.43. The molecule has 92 valence electrons. The Bertz CT molecular complexity index is 618. The van der Waals surface area contributed by atoms with Crippen molar-refractivity contribution in [2.24, 2.45) is 7.05 Å². The van der Waals surface area contributed by atoms with Gasteiger partial charge in [0.05, 0.1) is 6.33 Å². The van der Waals surface area contributed by atoms with Crippen LogP contribution in [0.3, 0.4) is 0 Å². The molecule has 8 heteroatoms. The van der Waals surface area contributed by atoms with Crippen LogP contribution in [-0.2, 0) is 23.6 Å². The van der Waals surface area contributed by atoms with E-state index in [2.05, 4.69) is 25.6 Å². The van der Waals surface area contributed by atoms with Gasteiger partial charge in [-0.25, -0.2) is 18.1 Å². The standard InChI is InChI=1S/C9H10BrN3O2S2/c1-13-4-9(11-6-13)17(14,15)12-3-8-2-7(10)5-16-8/h2,4-6,12H,3H2,1H3. The highest BCUT2D eigenvalue weighted by atomic mass is 79.9. The molecule has 0 spiro atoms. The molecule has 0 bridgehead atoms. The van der Waals surface area contributed by atoms with Gasteiger partial charge >= 0.3 is 0 Å². The fourth-order valence-electron chi connectivity index (χ4n) is 1.21. The second kappa shape index (κ2) is 4.89. The molecule has 0 aromatic carbocycles. The number of halogens is 1. The van der Waals surface area contributed by atoms with Crippen LogP contribution in [0.2, 0.25) is 0 Å². The fraction of sp³-hybridized carbons (Fsp3) is 0.222. The summed E-state index contributed by atoms with van der Waals surface area (Å²) in [5.41, 5.74) is 0. The van der Waals surface area contributed by atoms with Crippen molar-refractivity contribution in [2.75, 3.05) is 0 Å². The van der Waals surface area contributed by atoms with Gasteiger partial charge in [-0.05, 0) is 22.0 Å². The Morgan fingerprint density at radius 1 is 1.59 bits per heavy atom. The molecule has 0 saturated carbocycles. The summed E-state index contributed by atoms with van der Waals surface area (Å²) in [4.78, 5) is 4.75. The average molecular weight is 336 g/mol. The Labute approximate surface area is 112 Å². The summed E-state index contributed by atoms with van der Waals surface area (Å²) < 4.78 is 28.7. The molecule has 0 aliphatic heterocycles. The molecule has 0 atom stereocenters. The SMILES string of the molecule is Cn1cnc(S(=O)(=O)NCc2cc(Br)cs2)c1. The molecule has 0 aliphatic rings. The van der Waals surface area contributed by atoms with E-state index in [4.69, 9.17) is 0 Å². The first kappa shape index (κ1) is 12.7. The lowest BCUT2D eigenvalue weighted by Gasteiger charge is -2.01. The van der Waals surface area contributed by atoms with Crippen molar-refractivity contribution >= 4 is 37.3 Å². The minimum absolute atomic E-state index is 0.0376. The summed E-state index contributed by atoms with van der Waals surface area (Å²) in [6.07, 6.45) is 2.92. The van der Waals surface area contributed by atoms with Gasteiger partial charge in [-0.1, -0.05) is 0 Å². The van der Waals surface area contributed by atoms with Crippen LogP contribution in [-0.4, -0.2) is 18.0 Å². The van der Waals surface area contributed by atoms with E-state index >= 15 is 0 Å². The molecule has 0 unspecified atom stereocenters. The highest BCUT2D eigenvalue weighted by molar-refractivity contribution is 9.10. The van der Waals surface area contributed by atoms with Crippen molar-refractivity contribution in [1.82, 2.24) is 14.3 Å². The molecule has 2 aromatic rings. The smallest absolute Gasteiger partial charge is 0.259 e. The predicted octanol–water partition coefficient (Wildman–Crippen LogP) is 1.72. The van der Waals surface area contributed by atoms with Gasteiger partial charge in [0.15, 0.2) is 5.03 Å². The Hall–Kier alpha value is -0.700. The number of sulfonamides is 1. The van der Waals surface area contributed by atoms with Gasteiger partial charge in [-0.2, -0.15) is 0 Å². The number of aromatic nitrogens is 2. The van der Waals surface area contributed by atoms with Crippen LogP contribution in [0.15, 0.2) is 33.5 Å². The molecule has 0 aliphatic carbocycles. The topological polar surface area (TPSA) is 64.0 Å². The summed E-state index contributed by atoms with van der Waals surface area (Å²) in [6, 6.07) is 1.88. The first-order valence-electron chi connectivity index (χ1n) is 4.68. The van der Waals surface area contributed by atoms with Crippen LogP contribution >= 0.6 is 27.3 Å². The van der Waals surface area contributed by atoms with Crippen LogP contribution in [0.4, 0.5) is 0 Å². The van der Waals surface area contributed by atoms with E-state index in [-0.39, 0.29) is 11.6 Å². The molecule has 0 fully saturated rings. The van der Waals surface area contributed by atoms with Gasteiger partial charge < -0.3 is 4.57 Å². The molecule has 17 heavy (non-hydrogen) atoms. The predicted molar refractivity (Wildman–Crippen MR) is 69.3 cm³/mol. The highest BCUT2D eigenvalue weighted by Gasteiger charge is 2.16. The van der Waals surface area contributed by atoms with Crippen LogP contribution in [0.25, 0.3) is 0 Å². The summed E-state index contributed by atoms with van der Waals surface area (Å²) in [5.74, 6) is 0. The van der Waals surface area contributed by atoms with Gasteiger partial charge in [0.2, 0.25) is 0 Å². The van der Waals surface area contributed by atoms with Gasteiger partial charge in [0.25, 0.3) is 10.0 Å². The number of imidazole rings is 1. The van der Waals surface area contributed by atoms with E-state index in [9.17, 15) is 8.42 Å². The van der Waals surface area contributed by atoms with Crippen molar-refractivity contribution in [3.05, 3.63) is 33.3 Å². The van der Waals surface area contributed by atoms with Gasteiger partial charge in [0.1, 0.15) is 0 Å². The minimum atomic E-state index is -3.52. The zero-order chi connectivity index (χ0) is 12.5. The Morgan fingerprint density at radius 2 is 2.35 bits per heavy atom. The molecule has 0 saturated heterocycles. The number of rotatable bonds is 4. The van der Waals surface area contributed by atoms with E-state index in [0.29, 0.717) is 0 Å². The van der Waals surface area contributed by atoms with Crippen molar-refractivity contribution < 1.29 is 8.42 Å². The largest absolute Gasteiger partial charge is 0.339 e. The Balaban J connectivity index is 2.08. The third-order valence-electron chi connectivity index (χ3n) is 2.01. The third-order valence-corrected chi connectivity index (χ3v) is 5.00. The summed E-state index contributed by atoms with van der Waals surface area (Å²) in [7, 11) is -1.79. The number of aryl methyl sites for hydroxylation is 1. The maximum Gasteiger partial charge on any atom is 0.259 e. The number of nitrogens with one attached hydrogen (secondary N) is 1. The zero-order valence-electron chi connectivity index (χ0n) is 8.92.